The van der Waals surface area contributed by atoms with Gasteiger partial charge >= 0.3 is 12.3 Å². The minimum absolute atomic E-state index is 0.0446. The van der Waals surface area contributed by atoms with Crippen molar-refractivity contribution < 1.29 is 36.6 Å². The van der Waals surface area contributed by atoms with Crippen molar-refractivity contribution >= 4 is 5.97 Å². The summed E-state index contributed by atoms with van der Waals surface area (Å²) in [6.07, 6.45) is -4.30. The lowest BCUT2D eigenvalue weighted by atomic mass is 10.1. The maximum Gasteiger partial charge on any atom is 0.573 e. The second-order valence-corrected chi connectivity index (χ2v) is 7.68. The number of carbonyl (C=O) groups excluding carboxylic acids is 1. The standard InChI is InChI=1S/C24H24F3NO5/c1-14(2)22-20(11-12-30-21-13-19(31-16(4)29)8-5-15(21)3)28-23(32-22)17-6-9-18(10-7-17)33-24(25,26)27/h5-10,13-14H,11-12H2,1-4H3. The molecule has 3 rings (SSSR count). The minimum Gasteiger partial charge on any atom is -0.493 e. The van der Waals surface area contributed by atoms with Crippen LogP contribution in [0.4, 0.5) is 13.2 Å². The van der Waals surface area contributed by atoms with Gasteiger partial charge < -0.3 is 18.6 Å². The SMILES string of the molecule is CC(=O)Oc1ccc(C)c(OCCc2nc(-c3ccc(OC(F)(F)F)cc3)oc2C(C)C)c1. The number of hydrogen-bond acceptors (Lipinski definition) is 6. The maximum atomic E-state index is 12.4. The predicted molar refractivity (Wildman–Crippen MR) is 114 cm³/mol. The Labute approximate surface area is 189 Å². The van der Waals surface area contributed by atoms with Gasteiger partial charge in [-0.1, -0.05) is 19.9 Å². The molecule has 0 N–H and O–H groups in total. The maximum absolute atomic E-state index is 12.4. The fraction of sp³-hybridized carbons (Fsp3) is 0.333. The number of rotatable bonds is 8. The van der Waals surface area contributed by atoms with Gasteiger partial charge in [0.25, 0.3) is 0 Å². The molecule has 1 aromatic heterocycles. The lowest BCUT2D eigenvalue weighted by Gasteiger charge is -2.11. The normalized spacial score (nSPS) is 11.5. The van der Waals surface area contributed by atoms with E-state index in [9.17, 15) is 18.0 Å². The topological polar surface area (TPSA) is 70.8 Å². The smallest absolute Gasteiger partial charge is 0.493 e. The number of hydrogen-bond donors (Lipinski definition) is 0. The van der Waals surface area contributed by atoms with Gasteiger partial charge in [0, 0.05) is 30.9 Å². The first-order chi connectivity index (χ1) is 15.5. The number of oxazole rings is 1. The number of alkyl halides is 3. The zero-order chi connectivity index (χ0) is 24.2. The molecule has 3 aromatic rings. The van der Waals surface area contributed by atoms with Crippen LogP contribution in [0.3, 0.4) is 0 Å². The number of esters is 1. The van der Waals surface area contributed by atoms with Gasteiger partial charge in [0.2, 0.25) is 5.89 Å². The van der Waals surface area contributed by atoms with Crippen molar-refractivity contribution in [3.05, 3.63) is 59.5 Å². The first kappa shape index (κ1) is 24.2. The highest BCUT2D eigenvalue weighted by molar-refractivity contribution is 5.69. The van der Waals surface area contributed by atoms with Gasteiger partial charge in [-0.25, -0.2) is 4.98 Å². The summed E-state index contributed by atoms with van der Waals surface area (Å²) in [6.45, 7) is 7.43. The van der Waals surface area contributed by atoms with E-state index in [1.165, 1.54) is 31.2 Å². The summed E-state index contributed by atoms with van der Waals surface area (Å²) in [5.74, 6) is 1.27. The van der Waals surface area contributed by atoms with E-state index < -0.39 is 12.3 Å². The molecule has 0 amide bonds. The van der Waals surface area contributed by atoms with Crippen molar-refractivity contribution in [2.45, 2.75) is 46.4 Å². The van der Waals surface area contributed by atoms with Crippen LogP contribution in [0.5, 0.6) is 17.2 Å². The second-order valence-electron chi connectivity index (χ2n) is 7.68. The third kappa shape index (κ3) is 6.74. The largest absolute Gasteiger partial charge is 0.573 e. The van der Waals surface area contributed by atoms with Crippen LogP contribution < -0.4 is 14.2 Å². The molecule has 0 spiro atoms. The van der Waals surface area contributed by atoms with E-state index in [1.54, 1.807) is 18.2 Å². The molecule has 0 aliphatic carbocycles. The second kappa shape index (κ2) is 9.97. The van der Waals surface area contributed by atoms with Crippen molar-refractivity contribution in [1.29, 1.82) is 0 Å². The highest BCUT2D eigenvalue weighted by Gasteiger charge is 2.31. The average molecular weight is 463 g/mol. The Kier molecular flexibility index (Phi) is 7.30. The highest BCUT2D eigenvalue weighted by Crippen LogP contribution is 2.30. The number of ether oxygens (including phenoxy) is 3. The summed E-state index contributed by atoms with van der Waals surface area (Å²) < 4.78 is 57.9. The number of carbonyl (C=O) groups is 1. The van der Waals surface area contributed by atoms with Crippen LogP contribution in [0, 0.1) is 6.92 Å². The Balaban J connectivity index is 1.72. The van der Waals surface area contributed by atoms with Gasteiger partial charge in [0.1, 0.15) is 23.0 Å². The molecule has 0 unspecified atom stereocenters. The molecule has 0 aliphatic rings. The molecule has 1 heterocycles. The van der Waals surface area contributed by atoms with Gasteiger partial charge in [-0.05, 0) is 42.8 Å². The van der Waals surface area contributed by atoms with Crippen LogP contribution in [0.15, 0.2) is 46.9 Å². The van der Waals surface area contributed by atoms with Crippen LogP contribution in [0.25, 0.3) is 11.5 Å². The summed E-state index contributed by atoms with van der Waals surface area (Å²) in [5, 5.41) is 0. The van der Waals surface area contributed by atoms with Crippen LogP contribution in [-0.4, -0.2) is 23.9 Å². The van der Waals surface area contributed by atoms with Crippen molar-refractivity contribution in [2.75, 3.05) is 6.61 Å². The van der Waals surface area contributed by atoms with Gasteiger partial charge in [0.15, 0.2) is 0 Å². The monoisotopic (exact) mass is 463 g/mol. The summed E-state index contributed by atoms with van der Waals surface area (Å²) in [7, 11) is 0. The first-order valence-corrected chi connectivity index (χ1v) is 10.3. The van der Waals surface area contributed by atoms with Gasteiger partial charge in [-0.15, -0.1) is 13.2 Å². The van der Waals surface area contributed by atoms with E-state index in [1.807, 2.05) is 20.8 Å². The number of aryl methyl sites for hydroxylation is 1. The molecule has 9 heteroatoms. The fourth-order valence-electron chi connectivity index (χ4n) is 3.14. The number of halogens is 3. The summed E-state index contributed by atoms with van der Waals surface area (Å²) >= 11 is 0. The predicted octanol–water partition coefficient (Wildman–Crippen LogP) is 6.22. The van der Waals surface area contributed by atoms with Crippen LogP contribution in [0.1, 0.15) is 43.7 Å². The summed E-state index contributed by atoms with van der Waals surface area (Å²) in [5.41, 5.74) is 2.12. The Bertz CT molecular complexity index is 1100. The van der Waals surface area contributed by atoms with Crippen LogP contribution in [-0.2, 0) is 11.2 Å². The highest BCUT2D eigenvalue weighted by atomic mass is 19.4. The number of nitrogens with zero attached hydrogens (tertiary/aromatic N) is 1. The van der Waals surface area contributed by atoms with E-state index in [4.69, 9.17) is 13.9 Å². The third-order valence-electron chi connectivity index (χ3n) is 4.60. The van der Waals surface area contributed by atoms with Gasteiger partial charge in [0.05, 0.1) is 12.3 Å². The Morgan fingerprint density at radius 2 is 1.76 bits per heavy atom. The Morgan fingerprint density at radius 3 is 2.36 bits per heavy atom. The number of aromatic nitrogens is 1. The molecule has 0 aliphatic heterocycles. The molecule has 0 atom stereocenters. The van der Waals surface area contributed by atoms with Crippen molar-refractivity contribution in [3.8, 4) is 28.7 Å². The van der Waals surface area contributed by atoms with E-state index >= 15 is 0 Å². The number of benzene rings is 2. The molecule has 0 fully saturated rings. The molecule has 2 aromatic carbocycles. The molecule has 0 radical (unpaired) electrons. The Morgan fingerprint density at radius 1 is 1.09 bits per heavy atom. The lowest BCUT2D eigenvalue weighted by Crippen LogP contribution is -2.16. The van der Waals surface area contributed by atoms with E-state index in [0.29, 0.717) is 47.4 Å². The van der Waals surface area contributed by atoms with E-state index in [-0.39, 0.29) is 11.7 Å². The first-order valence-electron chi connectivity index (χ1n) is 10.3. The summed E-state index contributed by atoms with van der Waals surface area (Å²) in [6, 6.07) is 10.5. The molecule has 0 bridgehead atoms. The van der Waals surface area contributed by atoms with Crippen LogP contribution >= 0.6 is 0 Å². The molecule has 0 saturated carbocycles. The zero-order valence-electron chi connectivity index (χ0n) is 18.7. The van der Waals surface area contributed by atoms with E-state index in [0.717, 1.165) is 5.56 Å². The molecular formula is C24H24F3NO5. The quantitative estimate of drug-likeness (QED) is 0.292. The molecular weight excluding hydrogens is 439 g/mol. The zero-order valence-corrected chi connectivity index (χ0v) is 18.7. The molecule has 176 valence electrons. The van der Waals surface area contributed by atoms with Crippen molar-refractivity contribution in [3.63, 3.8) is 0 Å². The lowest BCUT2D eigenvalue weighted by molar-refractivity contribution is -0.274. The minimum atomic E-state index is -4.75. The summed E-state index contributed by atoms with van der Waals surface area (Å²) in [4.78, 5) is 15.7. The van der Waals surface area contributed by atoms with Crippen LogP contribution in [0.2, 0.25) is 0 Å². The molecule has 33 heavy (non-hydrogen) atoms. The van der Waals surface area contributed by atoms with Gasteiger partial charge in [-0.3, -0.25) is 4.79 Å². The van der Waals surface area contributed by atoms with Crippen molar-refractivity contribution in [1.82, 2.24) is 4.98 Å². The third-order valence-corrected chi connectivity index (χ3v) is 4.60. The Hall–Kier alpha value is -3.49. The van der Waals surface area contributed by atoms with E-state index in [2.05, 4.69) is 9.72 Å². The molecule has 6 nitrogen and oxygen atoms in total. The molecule has 0 saturated heterocycles. The average Bonchev–Trinajstić information content (AvgIpc) is 3.14. The van der Waals surface area contributed by atoms with Gasteiger partial charge in [-0.2, -0.15) is 0 Å². The van der Waals surface area contributed by atoms with Crippen molar-refractivity contribution in [2.24, 2.45) is 0 Å². The fourth-order valence-corrected chi connectivity index (χ4v) is 3.14.